The predicted molar refractivity (Wildman–Crippen MR) is 45.5 cm³/mol. The molecule has 1 heterocycles. The Morgan fingerprint density at radius 2 is 2.45 bits per heavy atom. The molecule has 1 rings (SSSR count). The number of nitrogens with zero attached hydrogens (tertiary/aromatic N) is 1. The molecule has 0 fully saturated rings. The summed E-state index contributed by atoms with van der Waals surface area (Å²) in [5, 5.41) is 0. The van der Waals surface area contributed by atoms with Gasteiger partial charge in [0.15, 0.2) is 0 Å². The van der Waals surface area contributed by atoms with Gasteiger partial charge in [0.1, 0.15) is 0 Å². The van der Waals surface area contributed by atoms with Gasteiger partial charge in [0.05, 0.1) is 6.61 Å². The van der Waals surface area contributed by atoms with E-state index in [0.717, 1.165) is 5.56 Å². The molecule has 0 unspecified atom stereocenters. The minimum atomic E-state index is 0.653. The average molecular weight is 149 g/mol. The second-order valence-corrected chi connectivity index (χ2v) is 2.07. The SMILES string of the molecule is C=Cc1ccc(OCC)nc1. The van der Waals surface area contributed by atoms with E-state index in [1.807, 2.05) is 19.1 Å². The van der Waals surface area contributed by atoms with Crippen LogP contribution in [0.3, 0.4) is 0 Å². The van der Waals surface area contributed by atoms with E-state index in [2.05, 4.69) is 11.6 Å². The number of rotatable bonds is 3. The highest BCUT2D eigenvalue weighted by Gasteiger charge is 1.90. The third-order valence-electron chi connectivity index (χ3n) is 1.29. The first-order chi connectivity index (χ1) is 5.36. The van der Waals surface area contributed by atoms with E-state index in [1.54, 1.807) is 12.3 Å². The van der Waals surface area contributed by atoms with Crippen molar-refractivity contribution in [3.8, 4) is 5.88 Å². The van der Waals surface area contributed by atoms with Crippen molar-refractivity contribution in [1.29, 1.82) is 0 Å². The second kappa shape index (κ2) is 3.76. The van der Waals surface area contributed by atoms with Gasteiger partial charge in [-0.3, -0.25) is 0 Å². The zero-order valence-electron chi connectivity index (χ0n) is 6.58. The van der Waals surface area contributed by atoms with E-state index in [0.29, 0.717) is 12.5 Å². The minimum absolute atomic E-state index is 0.653. The van der Waals surface area contributed by atoms with Crippen LogP contribution in [-0.4, -0.2) is 11.6 Å². The third-order valence-corrected chi connectivity index (χ3v) is 1.29. The zero-order valence-corrected chi connectivity index (χ0v) is 6.58. The van der Waals surface area contributed by atoms with Crippen LogP contribution in [0.2, 0.25) is 0 Å². The van der Waals surface area contributed by atoms with Gasteiger partial charge in [0, 0.05) is 12.3 Å². The molecule has 0 saturated heterocycles. The quantitative estimate of drug-likeness (QED) is 0.656. The standard InChI is InChI=1S/C9H11NO/c1-3-8-5-6-9(10-7-8)11-4-2/h3,5-7H,1,4H2,2H3. The monoisotopic (exact) mass is 149 g/mol. The normalized spacial score (nSPS) is 9.18. The summed E-state index contributed by atoms with van der Waals surface area (Å²) < 4.78 is 5.16. The molecule has 0 aliphatic heterocycles. The molecule has 0 bridgehead atoms. The van der Waals surface area contributed by atoms with Gasteiger partial charge in [-0.15, -0.1) is 0 Å². The molecule has 0 radical (unpaired) electrons. The van der Waals surface area contributed by atoms with Gasteiger partial charge in [-0.2, -0.15) is 0 Å². The first-order valence-corrected chi connectivity index (χ1v) is 3.58. The number of aromatic nitrogens is 1. The van der Waals surface area contributed by atoms with Gasteiger partial charge in [-0.05, 0) is 18.6 Å². The van der Waals surface area contributed by atoms with Crippen LogP contribution in [0.25, 0.3) is 6.08 Å². The lowest BCUT2D eigenvalue weighted by molar-refractivity contribution is 0.327. The molecule has 0 amide bonds. The van der Waals surface area contributed by atoms with Gasteiger partial charge in [-0.25, -0.2) is 4.98 Å². The molecule has 1 aromatic rings. The van der Waals surface area contributed by atoms with Crippen LogP contribution in [0.15, 0.2) is 24.9 Å². The molecule has 2 heteroatoms. The van der Waals surface area contributed by atoms with Crippen molar-refractivity contribution >= 4 is 6.08 Å². The number of ether oxygens (including phenoxy) is 1. The minimum Gasteiger partial charge on any atom is -0.478 e. The lowest BCUT2D eigenvalue weighted by atomic mass is 10.3. The highest BCUT2D eigenvalue weighted by molar-refractivity contribution is 5.45. The third kappa shape index (κ3) is 2.08. The second-order valence-electron chi connectivity index (χ2n) is 2.07. The average Bonchev–Trinajstić information content (AvgIpc) is 2.07. The summed E-state index contributed by atoms with van der Waals surface area (Å²) in [7, 11) is 0. The Kier molecular flexibility index (Phi) is 2.66. The molecule has 0 aliphatic carbocycles. The summed E-state index contributed by atoms with van der Waals surface area (Å²) in [6.07, 6.45) is 3.49. The zero-order chi connectivity index (χ0) is 8.10. The Hall–Kier alpha value is -1.31. The van der Waals surface area contributed by atoms with E-state index >= 15 is 0 Å². The predicted octanol–water partition coefficient (Wildman–Crippen LogP) is 2.12. The Morgan fingerprint density at radius 1 is 1.64 bits per heavy atom. The Bertz CT molecular complexity index is 228. The molecule has 0 aromatic carbocycles. The maximum Gasteiger partial charge on any atom is 0.213 e. The van der Waals surface area contributed by atoms with E-state index in [9.17, 15) is 0 Å². The summed E-state index contributed by atoms with van der Waals surface area (Å²) in [6, 6.07) is 3.76. The van der Waals surface area contributed by atoms with Gasteiger partial charge in [0.25, 0.3) is 0 Å². The van der Waals surface area contributed by atoms with E-state index in [1.165, 1.54) is 0 Å². The molecular weight excluding hydrogens is 138 g/mol. The van der Waals surface area contributed by atoms with E-state index < -0.39 is 0 Å². The van der Waals surface area contributed by atoms with Crippen molar-refractivity contribution in [3.05, 3.63) is 30.5 Å². The van der Waals surface area contributed by atoms with Crippen LogP contribution in [-0.2, 0) is 0 Å². The Balaban J connectivity index is 2.74. The highest BCUT2D eigenvalue weighted by Crippen LogP contribution is 2.07. The molecule has 0 aliphatic rings. The summed E-state index contributed by atoms with van der Waals surface area (Å²) in [4.78, 5) is 4.05. The van der Waals surface area contributed by atoms with E-state index in [-0.39, 0.29) is 0 Å². The smallest absolute Gasteiger partial charge is 0.213 e. The summed E-state index contributed by atoms with van der Waals surface area (Å²) in [5.41, 5.74) is 1.01. The summed E-state index contributed by atoms with van der Waals surface area (Å²) in [6.45, 7) is 6.21. The van der Waals surface area contributed by atoms with Gasteiger partial charge in [-0.1, -0.05) is 12.7 Å². The summed E-state index contributed by atoms with van der Waals surface area (Å²) in [5.74, 6) is 0.665. The van der Waals surface area contributed by atoms with Gasteiger partial charge < -0.3 is 4.74 Å². The fourth-order valence-electron chi connectivity index (χ4n) is 0.746. The fourth-order valence-corrected chi connectivity index (χ4v) is 0.746. The molecule has 0 spiro atoms. The lowest BCUT2D eigenvalue weighted by Crippen LogP contribution is -1.93. The van der Waals surface area contributed by atoms with Crippen LogP contribution in [0.1, 0.15) is 12.5 Å². The summed E-state index contributed by atoms with van der Waals surface area (Å²) >= 11 is 0. The van der Waals surface area contributed by atoms with Crippen molar-refractivity contribution in [2.24, 2.45) is 0 Å². The van der Waals surface area contributed by atoms with Crippen LogP contribution in [0.4, 0.5) is 0 Å². The van der Waals surface area contributed by atoms with Gasteiger partial charge in [0.2, 0.25) is 5.88 Å². The van der Waals surface area contributed by atoms with Crippen molar-refractivity contribution < 1.29 is 4.74 Å². The van der Waals surface area contributed by atoms with Crippen molar-refractivity contribution in [1.82, 2.24) is 4.98 Å². The van der Waals surface area contributed by atoms with Crippen molar-refractivity contribution in [2.45, 2.75) is 6.92 Å². The number of hydrogen-bond acceptors (Lipinski definition) is 2. The first kappa shape index (κ1) is 7.79. The number of hydrogen-bond donors (Lipinski definition) is 0. The van der Waals surface area contributed by atoms with Crippen LogP contribution >= 0.6 is 0 Å². The lowest BCUT2D eigenvalue weighted by Gasteiger charge is -2.00. The van der Waals surface area contributed by atoms with Crippen LogP contribution in [0, 0.1) is 0 Å². The number of pyridine rings is 1. The fraction of sp³-hybridized carbons (Fsp3) is 0.222. The van der Waals surface area contributed by atoms with E-state index in [4.69, 9.17) is 4.74 Å². The molecular formula is C9H11NO. The van der Waals surface area contributed by atoms with Crippen LogP contribution in [0.5, 0.6) is 5.88 Å². The molecule has 1 aromatic heterocycles. The first-order valence-electron chi connectivity index (χ1n) is 3.58. The largest absolute Gasteiger partial charge is 0.478 e. The maximum atomic E-state index is 5.16. The van der Waals surface area contributed by atoms with Crippen molar-refractivity contribution in [3.63, 3.8) is 0 Å². The maximum absolute atomic E-state index is 5.16. The van der Waals surface area contributed by atoms with Crippen molar-refractivity contribution in [2.75, 3.05) is 6.61 Å². The van der Waals surface area contributed by atoms with Gasteiger partial charge >= 0.3 is 0 Å². The Morgan fingerprint density at radius 3 is 2.91 bits per heavy atom. The highest BCUT2D eigenvalue weighted by atomic mass is 16.5. The molecule has 0 saturated carbocycles. The topological polar surface area (TPSA) is 22.1 Å². The molecule has 0 atom stereocenters. The molecule has 11 heavy (non-hydrogen) atoms. The molecule has 58 valence electrons. The van der Waals surface area contributed by atoms with Crippen LogP contribution < -0.4 is 4.74 Å². The molecule has 0 N–H and O–H groups in total. The molecule has 2 nitrogen and oxygen atoms in total. The Labute approximate surface area is 66.5 Å².